The topological polar surface area (TPSA) is 85.9 Å². The Balaban J connectivity index is 1.80. The average molecular weight is 459 g/mol. The molecule has 4 rings (SSSR count). The van der Waals surface area contributed by atoms with E-state index in [0.29, 0.717) is 36.4 Å². The number of fused-ring (bicyclic) bond motifs is 1. The van der Waals surface area contributed by atoms with Crippen LogP contribution in [0.5, 0.6) is 5.75 Å². The number of ketones is 1. The minimum atomic E-state index is -4.58. The van der Waals surface area contributed by atoms with Crippen LogP contribution in [0.2, 0.25) is 0 Å². The number of carbonyl (C=O) groups is 2. The van der Waals surface area contributed by atoms with Crippen molar-refractivity contribution in [1.82, 2.24) is 9.88 Å². The first-order chi connectivity index (χ1) is 15.5. The third kappa shape index (κ3) is 4.24. The second-order valence-corrected chi connectivity index (χ2v) is 8.32. The van der Waals surface area contributed by atoms with Crippen molar-refractivity contribution in [3.63, 3.8) is 0 Å². The molecular weight excluding hydrogens is 437 g/mol. The van der Waals surface area contributed by atoms with Crippen LogP contribution < -0.4 is 10.7 Å². The number of pyridine rings is 1. The molecule has 2 aliphatic rings. The van der Waals surface area contributed by atoms with Crippen LogP contribution in [0.4, 0.5) is 13.2 Å². The molecule has 1 atom stereocenters. The summed E-state index contributed by atoms with van der Waals surface area (Å²) in [5.41, 5.74) is 0.233. The van der Waals surface area contributed by atoms with Gasteiger partial charge < -0.3 is 10.0 Å². The number of halogens is 3. The van der Waals surface area contributed by atoms with Crippen LogP contribution in [-0.2, 0) is 15.8 Å². The quantitative estimate of drug-likeness (QED) is 0.712. The van der Waals surface area contributed by atoms with E-state index in [9.17, 15) is 27.9 Å². The molecule has 1 aromatic carbocycles. The van der Waals surface area contributed by atoms with Gasteiger partial charge in [0.2, 0.25) is 17.2 Å². The smallest absolute Gasteiger partial charge is 0.416 e. The summed E-state index contributed by atoms with van der Waals surface area (Å²) in [5, 5.41) is 15.2. The van der Waals surface area contributed by atoms with Gasteiger partial charge in [0.1, 0.15) is 11.0 Å². The van der Waals surface area contributed by atoms with Gasteiger partial charge in [0.25, 0.3) is 5.70 Å². The Labute approximate surface area is 187 Å². The van der Waals surface area contributed by atoms with Gasteiger partial charge in [-0.3, -0.25) is 9.59 Å². The molecule has 33 heavy (non-hydrogen) atoms. The highest BCUT2D eigenvalue weighted by molar-refractivity contribution is 6.10. The lowest BCUT2D eigenvalue weighted by atomic mass is 9.99. The van der Waals surface area contributed by atoms with Gasteiger partial charge >= 0.3 is 6.18 Å². The Hall–Kier alpha value is -3.56. The Morgan fingerprint density at radius 1 is 1.30 bits per heavy atom. The van der Waals surface area contributed by atoms with E-state index >= 15 is 0 Å². The lowest BCUT2D eigenvalue weighted by Crippen LogP contribution is -2.38. The van der Waals surface area contributed by atoms with Gasteiger partial charge in [0, 0.05) is 37.6 Å². The van der Waals surface area contributed by atoms with Gasteiger partial charge in [-0.05, 0) is 47.9 Å². The largest absolute Gasteiger partial charge is 0.507 e. The first-order valence-electron chi connectivity index (χ1n) is 10.4. The number of Topliss-reactive ketones (excluding diaryl/α,β-unsaturated/α-hetero) is 1. The summed E-state index contributed by atoms with van der Waals surface area (Å²) in [5.74, 6) is -0.699. The van der Waals surface area contributed by atoms with E-state index in [1.54, 1.807) is 30.3 Å². The van der Waals surface area contributed by atoms with Crippen molar-refractivity contribution in [1.29, 1.82) is 0 Å². The van der Waals surface area contributed by atoms with E-state index in [1.165, 1.54) is 18.5 Å². The highest BCUT2D eigenvalue weighted by Crippen LogP contribution is 2.38. The van der Waals surface area contributed by atoms with Gasteiger partial charge in [-0.25, -0.2) is 4.98 Å². The number of phenolic OH excluding ortho intramolecular Hbond substituents is 1. The van der Waals surface area contributed by atoms with Crippen molar-refractivity contribution in [3.05, 3.63) is 46.1 Å². The highest BCUT2D eigenvalue weighted by atomic mass is 19.4. The predicted octanol–water partition coefficient (Wildman–Crippen LogP) is 1.98. The molecule has 1 saturated heterocycles. The second kappa shape index (κ2) is 8.09. The number of benzene rings is 1. The van der Waals surface area contributed by atoms with Crippen molar-refractivity contribution in [2.45, 2.75) is 32.9 Å². The molecular formula is C23H22F3N4O3+. The number of alkyl halides is 3. The average Bonchev–Trinajstić information content (AvgIpc) is 3.07. The number of phenols is 1. The zero-order valence-corrected chi connectivity index (χ0v) is 18.3. The number of hydrogen-bond donors (Lipinski definition) is 1. The monoisotopic (exact) mass is 459 g/mol. The number of hydrogen-bond acceptors (Lipinski definition) is 5. The lowest BCUT2D eigenvalue weighted by Gasteiger charge is -2.25. The number of likely N-dealkylation sites (tertiary alicyclic amines) is 1. The molecule has 2 aromatic rings. The zero-order valence-electron chi connectivity index (χ0n) is 18.3. The number of carbonyl (C=O) groups excluding carboxylic acids is 2. The minimum absolute atomic E-state index is 0.000726. The molecule has 0 bridgehead atoms. The van der Waals surface area contributed by atoms with E-state index in [0.717, 1.165) is 6.07 Å². The fourth-order valence-corrected chi connectivity index (χ4v) is 4.21. The van der Waals surface area contributed by atoms with Crippen molar-refractivity contribution in [2.24, 2.45) is 11.0 Å². The molecule has 0 saturated carbocycles. The van der Waals surface area contributed by atoms with Gasteiger partial charge in [-0.2, -0.15) is 13.2 Å². The summed E-state index contributed by atoms with van der Waals surface area (Å²) in [4.78, 5) is 30.2. The predicted molar refractivity (Wildman–Crippen MR) is 113 cm³/mol. The maximum absolute atomic E-state index is 13.1. The SMILES string of the molecule is CC(=O)C1=c2ccc(-c3c(C)cc(C(F)(F)F)cc3O)nc2=N/[N+]1=C\C1CCC(=O)N(C)C1. The van der Waals surface area contributed by atoms with Gasteiger partial charge in [0.15, 0.2) is 6.21 Å². The van der Waals surface area contributed by atoms with Gasteiger partial charge in [-0.1, -0.05) is 0 Å². The molecule has 1 N–H and O–H groups in total. The third-order valence-electron chi connectivity index (χ3n) is 5.81. The summed E-state index contributed by atoms with van der Waals surface area (Å²) in [7, 11) is 1.72. The molecule has 7 nitrogen and oxygen atoms in total. The van der Waals surface area contributed by atoms with E-state index in [1.807, 2.05) is 0 Å². The molecule has 1 aromatic heterocycles. The van der Waals surface area contributed by atoms with E-state index in [2.05, 4.69) is 10.1 Å². The molecule has 2 aliphatic heterocycles. The molecule has 0 spiro atoms. The number of nitrogens with zero attached hydrogens (tertiary/aromatic N) is 4. The normalized spacial score (nSPS) is 19.6. The van der Waals surface area contributed by atoms with Gasteiger partial charge in [-0.15, -0.1) is 0 Å². The number of aromatic hydroxyl groups is 1. The molecule has 10 heteroatoms. The Morgan fingerprint density at radius 3 is 2.64 bits per heavy atom. The summed E-state index contributed by atoms with van der Waals surface area (Å²) in [6.07, 6.45) is -1.75. The van der Waals surface area contributed by atoms with Crippen molar-refractivity contribution < 1.29 is 32.6 Å². The third-order valence-corrected chi connectivity index (χ3v) is 5.81. The van der Waals surface area contributed by atoms with Crippen LogP contribution in [0, 0.1) is 12.8 Å². The van der Waals surface area contributed by atoms with E-state index in [4.69, 9.17) is 0 Å². The fraction of sp³-hybridized carbons (Fsp3) is 0.348. The number of aryl methyl sites for hydroxylation is 1. The van der Waals surface area contributed by atoms with Crippen molar-refractivity contribution in [3.8, 4) is 17.0 Å². The Kier molecular flexibility index (Phi) is 5.55. The standard InChI is InChI=1S/C23H21F3N4O3/c1-12-8-15(23(24,25)26)9-18(32)20(12)17-6-5-16-21(13(2)31)30(28-22(16)27-17)11-14-4-7-19(33)29(3)10-14/h5-6,8-9,11,14H,4,7,10H2,1-3H3/p+1/b30-11-. The van der Waals surface area contributed by atoms with Crippen LogP contribution in [-0.4, -0.2) is 51.2 Å². The molecule has 0 radical (unpaired) electrons. The highest BCUT2D eigenvalue weighted by Gasteiger charge is 2.33. The summed E-state index contributed by atoms with van der Waals surface area (Å²) < 4.78 is 40.6. The maximum atomic E-state index is 13.1. The fourth-order valence-electron chi connectivity index (χ4n) is 4.21. The van der Waals surface area contributed by atoms with Crippen LogP contribution in [0.15, 0.2) is 29.4 Å². The molecule has 1 amide bonds. The van der Waals surface area contributed by atoms with E-state index < -0.39 is 17.5 Å². The maximum Gasteiger partial charge on any atom is 0.416 e. The first-order valence-corrected chi connectivity index (χ1v) is 10.4. The molecule has 0 aliphatic carbocycles. The molecule has 172 valence electrons. The van der Waals surface area contributed by atoms with Crippen LogP contribution in [0.25, 0.3) is 17.0 Å². The minimum Gasteiger partial charge on any atom is -0.507 e. The van der Waals surface area contributed by atoms with Crippen molar-refractivity contribution >= 4 is 23.6 Å². The first kappa shape index (κ1) is 22.6. The Bertz CT molecular complexity index is 1310. The number of amides is 1. The second-order valence-electron chi connectivity index (χ2n) is 8.32. The lowest BCUT2D eigenvalue weighted by molar-refractivity contribution is -0.435. The number of aromatic nitrogens is 1. The Morgan fingerprint density at radius 2 is 2.03 bits per heavy atom. The van der Waals surface area contributed by atoms with Crippen LogP contribution in [0.1, 0.15) is 30.9 Å². The van der Waals surface area contributed by atoms with Crippen LogP contribution in [0.3, 0.4) is 0 Å². The van der Waals surface area contributed by atoms with Crippen LogP contribution >= 0.6 is 0 Å². The summed E-state index contributed by atoms with van der Waals surface area (Å²) in [6, 6.07) is 4.79. The number of piperidine rings is 1. The van der Waals surface area contributed by atoms with E-state index in [-0.39, 0.29) is 39.9 Å². The van der Waals surface area contributed by atoms with Gasteiger partial charge in [0.05, 0.1) is 17.2 Å². The number of rotatable bonds is 3. The van der Waals surface area contributed by atoms with Crippen molar-refractivity contribution in [2.75, 3.05) is 13.6 Å². The zero-order chi connectivity index (χ0) is 24.1. The molecule has 1 fully saturated rings. The molecule has 1 unspecified atom stereocenters. The summed E-state index contributed by atoms with van der Waals surface area (Å²) in [6.45, 7) is 3.38. The summed E-state index contributed by atoms with van der Waals surface area (Å²) >= 11 is 0. The molecule has 3 heterocycles.